The molecule has 8 heteroatoms. The van der Waals surface area contributed by atoms with E-state index < -0.39 is 6.36 Å². The van der Waals surface area contributed by atoms with Crippen molar-refractivity contribution in [1.29, 1.82) is 0 Å². The third-order valence-corrected chi connectivity index (χ3v) is 2.97. The molecule has 0 bridgehead atoms. The average Bonchev–Trinajstić information content (AvgIpc) is 2.82. The van der Waals surface area contributed by atoms with Crippen molar-refractivity contribution in [3.63, 3.8) is 0 Å². The van der Waals surface area contributed by atoms with Gasteiger partial charge in [0.1, 0.15) is 11.6 Å². The van der Waals surface area contributed by atoms with E-state index in [2.05, 4.69) is 20.3 Å². The topological polar surface area (TPSA) is 52.0 Å². The van der Waals surface area contributed by atoms with Crippen molar-refractivity contribution in [2.75, 3.05) is 6.54 Å². The van der Waals surface area contributed by atoms with Crippen molar-refractivity contribution in [2.24, 2.45) is 0 Å². The van der Waals surface area contributed by atoms with Gasteiger partial charge >= 0.3 is 6.36 Å². The van der Waals surface area contributed by atoms with Gasteiger partial charge in [0, 0.05) is 18.7 Å². The normalized spacial score (nSPS) is 14.9. The van der Waals surface area contributed by atoms with Crippen LogP contribution in [0.3, 0.4) is 0 Å². The lowest BCUT2D eigenvalue weighted by Crippen LogP contribution is -2.28. The summed E-state index contributed by atoms with van der Waals surface area (Å²) in [6, 6.07) is 5.62. The summed E-state index contributed by atoms with van der Waals surface area (Å²) in [4.78, 5) is 0. The summed E-state index contributed by atoms with van der Waals surface area (Å²) in [7, 11) is 0. The summed E-state index contributed by atoms with van der Waals surface area (Å²) in [6.45, 7) is 2.19. The minimum Gasteiger partial charge on any atom is -0.406 e. The van der Waals surface area contributed by atoms with Crippen LogP contribution in [0.4, 0.5) is 13.2 Å². The molecule has 2 aromatic rings. The largest absolute Gasteiger partial charge is 0.573 e. The second-order valence-corrected chi connectivity index (χ2v) is 4.34. The molecule has 2 heterocycles. The smallest absolute Gasteiger partial charge is 0.406 e. The molecular weight excluding hydrogens is 273 g/mol. The summed E-state index contributed by atoms with van der Waals surface area (Å²) in [5, 5.41) is 11.3. The maximum atomic E-state index is 12.1. The Labute approximate surface area is 112 Å². The maximum Gasteiger partial charge on any atom is 0.573 e. The number of rotatable bonds is 2. The Bertz CT molecular complexity index is 606. The second kappa shape index (κ2) is 4.78. The number of alkyl halides is 3. The van der Waals surface area contributed by atoms with Gasteiger partial charge in [-0.25, -0.2) is 0 Å². The third kappa shape index (κ3) is 2.60. The summed E-state index contributed by atoms with van der Waals surface area (Å²) >= 11 is 0. The molecule has 1 aromatic heterocycles. The van der Waals surface area contributed by atoms with Crippen LogP contribution in [0, 0.1) is 0 Å². The molecule has 1 aliphatic rings. The van der Waals surface area contributed by atoms with E-state index in [4.69, 9.17) is 0 Å². The lowest BCUT2D eigenvalue weighted by Gasteiger charge is -2.16. The van der Waals surface area contributed by atoms with E-state index in [-0.39, 0.29) is 5.75 Å². The van der Waals surface area contributed by atoms with E-state index >= 15 is 0 Å². The Hall–Kier alpha value is -2.09. The van der Waals surface area contributed by atoms with E-state index in [0.29, 0.717) is 17.9 Å². The zero-order chi connectivity index (χ0) is 14.2. The molecule has 0 amide bonds. The number of hydrogen-bond donors (Lipinski definition) is 1. The maximum absolute atomic E-state index is 12.1. The Kier molecular flexibility index (Phi) is 3.09. The molecule has 0 spiro atoms. The Morgan fingerprint density at radius 2 is 1.90 bits per heavy atom. The molecule has 106 valence electrons. The van der Waals surface area contributed by atoms with E-state index in [0.717, 1.165) is 18.9 Å². The molecule has 20 heavy (non-hydrogen) atoms. The molecule has 1 aliphatic heterocycles. The molecule has 1 N–H and O–H groups in total. The molecule has 0 saturated heterocycles. The molecule has 0 unspecified atom stereocenters. The highest BCUT2D eigenvalue weighted by Crippen LogP contribution is 2.26. The van der Waals surface area contributed by atoms with E-state index in [9.17, 15) is 13.2 Å². The fourth-order valence-corrected chi connectivity index (χ4v) is 2.11. The van der Waals surface area contributed by atoms with Crippen LogP contribution in [0.25, 0.3) is 11.4 Å². The van der Waals surface area contributed by atoms with Gasteiger partial charge in [-0.05, 0) is 24.3 Å². The van der Waals surface area contributed by atoms with Crippen LogP contribution in [0.15, 0.2) is 24.3 Å². The fourth-order valence-electron chi connectivity index (χ4n) is 2.11. The Morgan fingerprint density at radius 3 is 2.60 bits per heavy atom. The number of benzene rings is 1. The number of ether oxygens (including phenoxy) is 1. The molecule has 0 fully saturated rings. The summed E-state index contributed by atoms with van der Waals surface area (Å²) < 4.78 is 42.0. The Morgan fingerprint density at radius 1 is 1.15 bits per heavy atom. The molecule has 0 radical (unpaired) electrons. The first kappa shape index (κ1) is 12.9. The zero-order valence-electron chi connectivity index (χ0n) is 10.3. The molecule has 3 rings (SSSR count). The van der Waals surface area contributed by atoms with Gasteiger partial charge in [0.05, 0.1) is 6.54 Å². The standard InChI is InChI=1S/C12H11F3N4O/c13-12(14,15)20-9-3-1-8(2-4-9)11-18-17-10-7-16-5-6-19(10)11/h1-4,16H,5-7H2. The highest BCUT2D eigenvalue weighted by molar-refractivity contribution is 5.56. The van der Waals surface area contributed by atoms with Gasteiger partial charge in [0.25, 0.3) is 0 Å². The minimum absolute atomic E-state index is 0.249. The van der Waals surface area contributed by atoms with Gasteiger partial charge in [-0.3, -0.25) is 0 Å². The van der Waals surface area contributed by atoms with Crippen LogP contribution in [-0.2, 0) is 13.1 Å². The van der Waals surface area contributed by atoms with Crippen molar-refractivity contribution >= 4 is 0 Å². The predicted molar refractivity (Wildman–Crippen MR) is 63.8 cm³/mol. The first-order chi connectivity index (χ1) is 9.53. The van der Waals surface area contributed by atoms with Crippen LogP contribution in [0.2, 0.25) is 0 Å². The quantitative estimate of drug-likeness (QED) is 0.915. The lowest BCUT2D eigenvalue weighted by atomic mass is 10.2. The van der Waals surface area contributed by atoms with E-state index in [1.165, 1.54) is 12.1 Å². The molecule has 5 nitrogen and oxygen atoms in total. The summed E-state index contributed by atoms with van der Waals surface area (Å²) in [6.07, 6.45) is -4.68. The minimum atomic E-state index is -4.68. The second-order valence-electron chi connectivity index (χ2n) is 4.34. The molecule has 0 saturated carbocycles. The molecule has 1 aromatic carbocycles. The molecular formula is C12H11F3N4O. The van der Waals surface area contributed by atoms with Gasteiger partial charge in [-0.15, -0.1) is 23.4 Å². The van der Waals surface area contributed by atoms with Crippen molar-refractivity contribution in [2.45, 2.75) is 19.5 Å². The van der Waals surface area contributed by atoms with Gasteiger partial charge in [-0.1, -0.05) is 0 Å². The van der Waals surface area contributed by atoms with Crippen LogP contribution < -0.4 is 10.1 Å². The number of nitrogens with zero attached hydrogens (tertiary/aromatic N) is 3. The highest BCUT2D eigenvalue weighted by atomic mass is 19.4. The number of hydrogen-bond acceptors (Lipinski definition) is 4. The van der Waals surface area contributed by atoms with Gasteiger partial charge in [0.2, 0.25) is 0 Å². The average molecular weight is 284 g/mol. The van der Waals surface area contributed by atoms with Crippen LogP contribution >= 0.6 is 0 Å². The first-order valence-corrected chi connectivity index (χ1v) is 6.02. The van der Waals surface area contributed by atoms with Crippen LogP contribution in [-0.4, -0.2) is 27.7 Å². The first-order valence-electron chi connectivity index (χ1n) is 6.02. The van der Waals surface area contributed by atoms with E-state index in [1.54, 1.807) is 12.1 Å². The van der Waals surface area contributed by atoms with E-state index in [1.807, 2.05) is 4.57 Å². The van der Waals surface area contributed by atoms with Crippen molar-refractivity contribution in [1.82, 2.24) is 20.1 Å². The predicted octanol–water partition coefficient (Wildman–Crippen LogP) is 1.95. The zero-order valence-corrected chi connectivity index (χ0v) is 10.3. The lowest BCUT2D eigenvalue weighted by molar-refractivity contribution is -0.274. The van der Waals surface area contributed by atoms with Crippen molar-refractivity contribution < 1.29 is 17.9 Å². The number of fused-ring (bicyclic) bond motifs is 1. The number of aromatic nitrogens is 3. The fraction of sp³-hybridized carbons (Fsp3) is 0.333. The Balaban J connectivity index is 1.86. The van der Waals surface area contributed by atoms with Crippen molar-refractivity contribution in [3.05, 3.63) is 30.1 Å². The molecule has 0 atom stereocenters. The van der Waals surface area contributed by atoms with Crippen LogP contribution in [0.5, 0.6) is 5.75 Å². The van der Waals surface area contributed by atoms with Gasteiger partial charge in [0.15, 0.2) is 5.82 Å². The monoisotopic (exact) mass is 284 g/mol. The number of halogens is 3. The summed E-state index contributed by atoms with van der Waals surface area (Å²) in [5.41, 5.74) is 0.708. The number of nitrogens with one attached hydrogen (secondary N) is 1. The molecule has 0 aliphatic carbocycles. The van der Waals surface area contributed by atoms with Crippen LogP contribution in [0.1, 0.15) is 5.82 Å². The third-order valence-electron chi connectivity index (χ3n) is 2.97. The summed E-state index contributed by atoms with van der Waals surface area (Å²) in [5.74, 6) is 1.23. The van der Waals surface area contributed by atoms with Gasteiger partial charge < -0.3 is 14.6 Å². The SMILES string of the molecule is FC(F)(F)Oc1ccc(-c2nnc3n2CCNC3)cc1. The van der Waals surface area contributed by atoms with Gasteiger partial charge in [-0.2, -0.15) is 0 Å². The highest BCUT2D eigenvalue weighted by Gasteiger charge is 2.31. The van der Waals surface area contributed by atoms with Crippen molar-refractivity contribution in [3.8, 4) is 17.1 Å².